The summed E-state index contributed by atoms with van der Waals surface area (Å²) in [5.74, 6) is 0.0159. The van der Waals surface area contributed by atoms with Gasteiger partial charge >= 0.3 is 0 Å². The average molecular weight is 235 g/mol. The zero-order chi connectivity index (χ0) is 11.7. The molecular weight excluding hydrogens is 226 g/mol. The van der Waals surface area contributed by atoms with Gasteiger partial charge in [0.05, 0.1) is 0 Å². The molecule has 1 fully saturated rings. The Bertz CT molecular complexity index is 496. The van der Waals surface area contributed by atoms with Crippen molar-refractivity contribution in [2.45, 2.75) is 0 Å². The van der Waals surface area contributed by atoms with Gasteiger partial charge in [-0.1, -0.05) is 12.1 Å². The van der Waals surface area contributed by atoms with Gasteiger partial charge in [0.2, 0.25) is 0 Å². The highest BCUT2D eigenvalue weighted by Gasteiger charge is 2.29. The van der Waals surface area contributed by atoms with E-state index in [2.05, 4.69) is 0 Å². The summed E-state index contributed by atoms with van der Waals surface area (Å²) >= 11 is 4.83. The van der Waals surface area contributed by atoms with Crippen LogP contribution in [0.15, 0.2) is 30.0 Å². The number of amides is 1. The van der Waals surface area contributed by atoms with E-state index in [9.17, 15) is 9.90 Å². The number of hydrogen-bond donors (Lipinski definition) is 1. The highest BCUT2D eigenvalue weighted by atomic mass is 32.1. The van der Waals surface area contributed by atoms with E-state index >= 15 is 0 Å². The van der Waals surface area contributed by atoms with Crippen LogP contribution in [0.4, 0.5) is 0 Å². The summed E-state index contributed by atoms with van der Waals surface area (Å²) in [6, 6.07) is 6.52. The third-order valence-corrected chi connectivity index (χ3v) is 2.51. The van der Waals surface area contributed by atoms with Gasteiger partial charge in [-0.3, -0.25) is 9.69 Å². The molecule has 0 bridgehead atoms. The van der Waals surface area contributed by atoms with Gasteiger partial charge in [0.25, 0.3) is 11.1 Å². The van der Waals surface area contributed by atoms with Crippen LogP contribution < -0.4 is 0 Å². The van der Waals surface area contributed by atoms with Crippen molar-refractivity contribution in [1.29, 1.82) is 0 Å². The highest BCUT2D eigenvalue weighted by Crippen LogP contribution is 2.20. The minimum absolute atomic E-state index is 0.135. The smallest absolute Gasteiger partial charge is 0.296 e. The molecule has 16 heavy (non-hydrogen) atoms. The molecular formula is C11H9NO3S. The highest BCUT2D eigenvalue weighted by molar-refractivity contribution is 7.80. The number of phenolic OH excluding ortho intramolecular Hbond substituents is 1. The number of aromatic hydroxyl groups is 1. The van der Waals surface area contributed by atoms with Crippen LogP contribution in [0.2, 0.25) is 0 Å². The zero-order valence-corrected chi connectivity index (χ0v) is 9.32. The maximum atomic E-state index is 11.6. The van der Waals surface area contributed by atoms with Crippen molar-refractivity contribution in [3.8, 4) is 5.75 Å². The van der Waals surface area contributed by atoms with Gasteiger partial charge in [-0.15, -0.1) is 0 Å². The lowest BCUT2D eigenvalue weighted by Gasteiger charge is -2.00. The quantitative estimate of drug-likeness (QED) is 0.592. The van der Waals surface area contributed by atoms with Crippen molar-refractivity contribution in [1.82, 2.24) is 4.90 Å². The van der Waals surface area contributed by atoms with Crippen molar-refractivity contribution in [2.24, 2.45) is 0 Å². The number of carbonyl (C=O) groups excluding carboxylic acids is 1. The standard InChI is InChI=1S/C11H9NO3S/c1-12-10(14)9(15-11(12)16)6-7-3-2-4-8(13)5-7/h2-6,13H,1H3/b9-6-. The lowest BCUT2D eigenvalue weighted by atomic mass is 10.2. The van der Waals surface area contributed by atoms with Gasteiger partial charge in [-0.2, -0.15) is 0 Å². The van der Waals surface area contributed by atoms with Crippen molar-refractivity contribution in [3.63, 3.8) is 0 Å². The Morgan fingerprint density at radius 2 is 2.25 bits per heavy atom. The van der Waals surface area contributed by atoms with E-state index in [-0.39, 0.29) is 22.6 Å². The number of hydrogen-bond acceptors (Lipinski definition) is 4. The van der Waals surface area contributed by atoms with Gasteiger partial charge in [0, 0.05) is 7.05 Å². The predicted octanol–water partition coefficient (Wildman–Crippen LogP) is 1.51. The summed E-state index contributed by atoms with van der Waals surface area (Å²) in [6.07, 6.45) is 1.54. The minimum Gasteiger partial charge on any atom is -0.508 e. The van der Waals surface area contributed by atoms with E-state index in [4.69, 9.17) is 17.0 Å². The first-order valence-electron chi connectivity index (χ1n) is 4.58. The summed E-state index contributed by atoms with van der Waals surface area (Å²) in [5.41, 5.74) is 0.682. The fourth-order valence-electron chi connectivity index (χ4n) is 1.31. The summed E-state index contributed by atoms with van der Waals surface area (Å²) in [7, 11) is 1.55. The molecule has 1 aromatic rings. The van der Waals surface area contributed by atoms with E-state index < -0.39 is 0 Å². The second-order valence-corrected chi connectivity index (χ2v) is 3.68. The molecule has 0 aliphatic carbocycles. The molecule has 1 aromatic carbocycles. The van der Waals surface area contributed by atoms with Crippen molar-refractivity contribution < 1.29 is 14.6 Å². The number of phenols is 1. The molecule has 0 radical (unpaired) electrons. The lowest BCUT2D eigenvalue weighted by Crippen LogP contribution is -2.22. The normalized spacial score (nSPS) is 18.1. The third-order valence-electron chi connectivity index (χ3n) is 2.15. The molecule has 1 heterocycles. The molecule has 5 heteroatoms. The maximum absolute atomic E-state index is 11.6. The van der Waals surface area contributed by atoms with Crippen molar-refractivity contribution in [3.05, 3.63) is 35.6 Å². The zero-order valence-electron chi connectivity index (χ0n) is 8.51. The Kier molecular flexibility index (Phi) is 2.62. The number of carbonyl (C=O) groups is 1. The number of rotatable bonds is 1. The molecule has 0 saturated carbocycles. The fourth-order valence-corrected chi connectivity index (χ4v) is 1.48. The van der Waals surface area contributed by atoms with Crippen molar-refractivity contribution >= 4 is 29.4 Å². The number of ether oxygens (including phenoxy) is 1. The summed E-state index contributed by atoms with van der Waals surface area (Å²) in [5, 5.41) is 9.40. The lowest BCUT2D eigenvalue weighted by molar-refractivity contribution is -0.122. The first-order chi connectivity index (χ1) is 7.58. The van der Waals surface area contributed by atoms with Gasteiger partial charge < -0.3 is 9.84 Å². The molecule has 1 amide bonds. The molecule has 82 valence electrons. The van der Waals surface area contributed by atoms with Gasteiger partial charge in [-0.25, -0.2) is 0 Å². The summed E-state index contributed by atoms with van der Waals surface area (Å²) in [6.45, 7) is 0. The summed E-state index contributed by atoms with van der Waals surface area (Å²) < 4.78 is 5.12. The molecule has 0 unspecified atom stereocenters. The minimum atomic E-state index is -0.284. The van der Waals surface area contributed by atoms with Crippen LogP contribution in [0.1, 0.15) is 5.56 Å². The largest absolute Gasteiger partial charge is 0.508 e. The Labute approximate surface area is 97.7 Å². The van der Waals surface area contributed by atoms with Crippen LogP contribution in [0, 0.1) is 0 Å². The number of benzene rings is 1. The molecule has 1 aliphatic rings. The Morgan fingerprint density at radius 3 is 2.81 bits per heavy atom. The van der Waals surface area contributed by atoms with E-state index in [1.165, 1.54) is 17.0 Å². The average Bonchev–Trinajstić information content (AvgIpc) is 2.47. The SMILES string of the molecule is CN1C(=O)/C(=C/c2cccc(O)c2)OC1=S. The van der Waals surface area contributed by atoms with Crippen LogP contribution >= 0.6 is 12.2 Å². The Balaban J connectivity index is 2.33. The molecule has 1 aliphatic heterocycles. The molecule has 4 nitrogen and oxygen atoms in total. The van der Waals surface area contributed by atoms with Gasteiger partial charge in [0.1, 0.15) is 5.75 Å². The van der Waals surface area contributed by atoms with Crippen LogP contribution in [0.5, 0.6) is 5.75 Å². The van der Waals surface area contributed by atoms with E-state index in [1.54, 1.807) is 25.2 Å². The molecule has 0 atom stereocenters. The maximum Gasteiger partial charge on any atom is 0.296 e. The van der Waals surface area contributed by atoms with E-state index in [1.807, 2.05) is 0 Å². The topological polar surface area (TPSA) is 49.8 Å². The summed E-state index contributed by atoms with van der Waals surface area (Å²) in [4.78, 5) is 12.8. The van der Waals surface area contributed by atoms with Gasteiger partial charge in [0.15, 0.2) is 5.76 Å². The number of nitrogens with zero attached hydrogens (tertiary/aromatic N) is 1. The molecule has 0 spiro atoms. The van der Waals surface area contributed by atoms with E-state index in [0.29, 0.717) is 5.56 Å². The first kappa shape index (κ1) is 10.6. The second-order valence-electron chi connectivity index (χ2n) is 3.34. The first-order valence-corrected chi connectivity index (χ1v) is 4.99. The van der Waals surface area contributed by atoms with Gasteiger partial charge in [-0.05, 0) is 36.0 Å². The van der Waals surface area contributed by atoms with Crippen LogP contribution in [0.3, 0.4) is 0 Å². The van der Waals surface area contributed by atoms with Crippen LogP contribution in [-0.4, -0.2) is 28.1 Å². The number of thiocarbonyl (C=S) groups is 1. The second kappa shape index (κ2) is 3.94. The fraction of sp³-hybridized carbons (Fsp3) is 0.0909. The predicted molar refractivity (Wildman–Crippen MR) is 62.5 cm³/mol. The van der Waals surface area contributed by atoms with Crippen molar-refractivity contribution in [2.75, 3.05) is 7.05 Å². The van der Waals surface area contributed by atoms with Crippen LogP contribution in [-0.2, 0) is 9.53 Å². The Hall–Kier alpha value is -1.88. The van der Waals surface area contributed by atoms with Crippen LogP contribution in [0.25, 0.3) is 6.08 Å². The number of likely N-dealkylation sites (N-methyl/N-ethyl adjacent to an activating group) is 1. The van der Waals surface area contributed by atoms with E-state index in [0.717, 1.165) is 0 Å². The third kappa shape index (κ3) is 1.90. The molecule has 0 aromatic heterocycles. The molecule has 1 N–H and O–H groups in total. The molecule has 1 saturated heterocycles. The monoisotopic (exact) mass is 235 g/mol. The Morgan fingerprint density at radius 1 is 1.50 bits per heavy atom. The molecule has 2 rings (SSSR count).